The number of likely N-dealkylation sites (N-methyl/N-ethyl adjacent to an activating group) is 1. The minimum absolute atomic E-state index is 0.0482. The maximum Gasteiger partial charge on any atom is 0.240 e. The third-order valence-electron chi connectivity index (χ3n) is 5.10. The average molecular weight is 327 g/mol. The van der Waals surface area contributed by atoms with Crippen LogP contribution in [0.1, 0.15) is 31.2 Å². The first kappa shape index (κ1) is 16.7. The van der Waals surface area contributed by atoms with E-state index in [0.29, 0.717) is 5.56 Å². The van der Waals surface area contributed by atoms with Gasteiger partial charge in [-0.3, -0.25) is 9.69 Å². The third-order valence-corrected chi connectivity index (χ3v) is 5.10. The second kappa shape index (κ2) is 7.63. The first-order valence-electron chi connectivity index (χ1n) is 8.79. The fourth-order valence-electron chi connectivity index (χ4n) is 3.57. The molecule has 2 fully saturated rings. The van der Waals surface area contributed by atoms with Crippen molar-refractivity contribution in [3.05, 3.63) is 23.9 Å². The van der Waals surface area contributed by atoms with E-state index in [1.54, 1.807) is 12.3 Å². The second-order valence-corrected chi connectivity index (χ2v) is 6.67. The molecule has 128 valence electrons. The molecule has 2 saturated heterocycles. The predicted molar refractivity (Wildman–Crippen MR) is 92.6 cm³/mol. The van der Waals surface area contributed by atoms with Gasteiger partial charge in [0, 0.05) is 32.4 Å². The van der Waals surface area contributed by atoms with Crippen molar-refractivity contribution in [1.29, 1.82) is 5.26 Å². The van der Waals surface area contributed by atoms with Crippen molar-refractivity contribution in [3.63, 3.8) is 0 Å². The van der Waals surface area contributed by atoms with Crippen LogP contribution in [0.4, 0.5) is 5.82 Å². The summed E-state index contributed by atoms with van der Waals surface area (Å²) in [7, 11) is 2.07. The molecular formula is C18H25N5O. The van der Waals surface area contributed by atoms with Gasteiger partial charge in [-0.1, -0.05) is 12.8 Å². The minimum Gasteiger partial charge on any atom is -0.353 e. The van der Waals surface area contributed by atoms with Crippen molar-refractivity contribution in [2.75, 3.05) is 44.7 Å². The van der Waals surface area contributed by atoms with E-state index in [0.717, 1.165) is 51.4 Å². The number of carbonyl (C=O) groups excluding carboxylic acids is 1. The van der Waals surface area contributed by atoms with Gasteiger partial charge < -0.3 is 9.80 Å². The number of nitriles is 1. The molecule has 3 rings (SSSR count). The number of rotatable bonds is 2. The largest absolute Gasteiger partial charge is 0.353 e. The van der Waals surface area contributed by atoms with E-state index in [2.05, 4.69) is 27.9 Å². The summed E-state index contributed by atoms with van der Waals surface area (Å²) in [6.07, 6.45) is 6.15. The Bertz CT molecular complexity index is 601. The highest BCUT2D eigenvalue weighted by molar-refractivity contribution is 5.82. The van der Waals surface area contributed by atoms with Gasteiger partial charge in [0.1, 0.15) is 11.9 Å². The fourth-order valence-corrected chi connectivity index (χ4v) is 3.57. The van der Waals surface area contributed by atoms with Gasteiger partial charge in [-0.05, 0) is 38.6 Å². The van der Waals surface area contributed by atoms with E-state index >= 15 is 0 Å². The standard InChI is InChI=1S/C18H25N5O/c1-21-8-4-2-3-5-16(21)18(24)23-11-9-22(10-12-23)17-7-6-15(13-19)14-20-17/h6-7,14,16H,2-5,8-12H2,1H3/t16-/m1/s1. The molecule has 2 aliphatic rings. The second-order valence-electron chi connectivity index (χ2n) is 6.67. The molecular weight excluding hydrogens is 302 g/mol. The topological polar surface area (TPSA) is 63.5 Å². The molecule has 0 aromatic carbocycles. The number of carbonyl (C=O) groups is 1. The molecule has 0 saturated carbocycles. The van der Waals surface area contributed by atoms with Crippen LogP contribution in [-0.2, 0) is 4.79 Å². The molecule has 6 heteroatoms. The van der Waals surface area contributed by atoms with E-state index in [9.17, 15) is 4.79 Å². The smallest absolute Gasteiger partial charge is 0.240 e. The number of pyridine rings is 1. The number of nitrogens with zero attached hydrogens (tertiary/aromatic N) is 5. The Morgan fingerprint density at radius 1 is 1.17 bits per heavy atom. The highest BCUT2D eigenvalue weighted by Gasteiger charge is 2.30. The first-order chi connectivity index (χ1) is 11.7. The van der Waals surface area contributed by atoms with Gasteiger partial charge in [0.05, 0.1) is 11.6 Å². The molecule has 6 nitrogen and oxygen atoms in total. The lowest BCUT2D eigenvalue weighted by molar-refractivity contribution is -0.136. The third kappa shape index (κ3) is 3.68. The summed E-state index contributed by atoms with van der Waals surface area (Å²) in [6, 6.07) is 5.81. The van der Waals surface area contributed by atoms with Crippen LogP contribution in [0.5, 0.6) is 0 Å². The lowest BCUT2D eigenvalue weighted by Gasteiger charge is -2.38. The normalized spacial score (nSPS) is 22.8. The zero-order chi connectivity index (χ0) is 16.9. The lowest BCUT2D eigenvalue weighted by atomic mass is 10.1. The molecule has 24 heavy (non-hydrogen) atoms. The summed E-state index contributed by atoms with van der Waals surface area (Å²) in [6.45, 7) is 4.09. The number of likely N-dealkylation sites (tertiary alicyclic amines) is 1. The zero-order valence-corrected chi connectivity index (χ0v) is 14.3. The van der Waals surface area contributed by atoms with Crippen molar-refractivity contribution >= 4 is 11.7 Å². The molecule has 2 aliphatic heterocycles. The van der Waals surface area contributed by atoms with Gasteiger partial charge >= 0.3 is 0 Å². The number of aromatic nitrogens is 1. The molecule has 0 aliphatic carbocycles. The summed E-state index contributed by atoms with van der Waals surface area (Å²) in [5.74, 6) is 1.17. The van der Waals surface area contributed by atoms with Gasteiger partial charge in [0.25, 0.3) is 0 Å². The molecule has 1 atom stereocenters. The maximum absolute atomic E-state index is 12.9. The Morgan fingerprint density at radius 3 is 2.62 bits per heavy atom. The lowest BCUT2D eigenvalue weighted by Crippen LogP contribution is -2.54. The van der Waals surface area contributed by atoms with E-state index in [1.807, 2.05) is 11.0 Å². The molecule has 3 heterocycles. The Labute approximate surface area is 143 Å². The van der Waals surface area contributed by atoms with Crippen LogP contribution in [-0.4, -0.2) is 66.5 Å². The Hall–Kier alpha value is -2.13. The number of amides is 1. The van der Waals surface area contributed by atoms with Crippen LogP contribution in [0.3, 0.4) is 0 Å². The molecule has 0 N–H and O–H groups in total. The number of anilines is 1. The van der Waals surface area contributed by atoms with E-state index in [-0.39, 0.29) is 11.9 Å². The van der Waals surface area contributed by atoms with Gasteiger partial charge in [-0.25, -0.2) is 4.98 Å². The molecule has 1 aromatic heterocycles. The Balaban J connectivity index is 1.57. The van der Waals surface area contributed by atoms with Gasteiger partial charge in [0.15, 0.2) is 0 Å². The summed E-state index contributed by atoms with van der Waals surface area (Å²) >= 11 is 0. The van der Waals surface area contributed by atoms with E-state index in [4.69, 9.17) is 5.26 Å². The quantitative estimate of drug-likeness (QED) is 0.823. The molecule has 0 spiro atoms. The Morgan fingerprint density at radius 2 is 1.96 bits per heavy atom. The van der Waals surface area contributed by atoms with E-state index in [1.165, 1.54) is 12.8 Å². The van der Waals surface area contributed by atoms with Gasteiger partial charge in [0.2, 0.25) is 5.91 Å². The number of piperazine rings is 1. The molecule has 1 amide bonds. The van der Waals surface area contributed by atoms with E-state index < -0.39 is 0 Å². The molecule has 0 bridgehead atoms. The highest BCUT2D eigenvalue weighted by atomic mass is 16.2. The zero-order valence-electron chi connectivity index (χ0n) is 14.3. The summed E-state index contributed by atoms with van der Waals surface area (Å²) in [5.41, 5.74) is 0.573. The Kier molecular flexibility index (Phi) is 5.31. The number of hydrogen-bond acceptors (Lipinski definition) is 5. The SMILES string of the molecule is CN1CCCCC[C@@H]1C(=O)N1CCN(c2ccc(C#N)cn2)CC1. The summed E-state index contributed by atoms with van der Waals surface area (Å²) in [5, 5.41) is 8.85. The van der Waals surface area contributed by atoms with Crippen LogP contribution < -0.4 is 4.90 Å². The fraction of sp³-hybridized carbons (Fsp3) is 0.611. The predicted octanol–water partition coefficient (Wildman–Crippen LogP) is 1.48. The van der Waals surface area contributed by atoms with Crippen molar-refractivity contribution in [1.82, 2.24) is 14.8 Å². The molecule has 1 aromatic rings. The molecule has 0 unspecified atom stereocenters. The number of hydrogen-bond donors (Lipinski definition) is 0. The monoisotopic (exact) mass is 327 g/mol. The summed E-state index contributed by atoms with van der Waals surface area (Å²) in [4.78, 5) is 23.6. The van der Waals surface area contributed by atoms with Crippen molar-refractivity contribution in [3.8, 4) is 6.07 Å². The van der Waals surface area contributed by atoms with Crippen LogP contribution in [0.2, 0.25) is 0 Å². The van der Waals surface area contributed by atoms with Gasteiger partial charge in [-0.2, -0.15) is 5.26 Å². The van der Waals surface area contributed by atoms with Crippen molar-refractivity contribution < 1.29 is 4.79 Å². The van der Waals surface area contributed by atoms with Crippen LogP contribution >= 0.6 is 0 Å². The van der Waals surface area contributed by atoms with Crippen molar-refractivity contribution in [2.45, 2.75) is 31.7 Å². The van der Waals surface area contributed by atoms with Gasteiger partial charge in [-0.15, -0.1) is 0 Å². The van der Waals surface area contributed by atoms with Crippen molar-refractivity contribution in [2.24, 2.45) is 0 Å². The average Bonchev–Trinajstić information content (AvgIpc) is 2.86. The molecule has 0 radical (unpaired) electrons. The van der Waals surface area contributed by atoms with Crippen LogP contribution in [0, 0.1) is 11.3 Å². The summed E-state index contributed by atoms with van der Waals surface area (Å²) < 4.78 is 0. The highest BCUT2D eigenvalue weighted by Crippen LogP contribution is 2.19. The van der Waals surface area contributed by atoms with Crippen LogP contribution in [0.25, 0.3) is 0 Å². The minimum atomic E-state index is 0.0482. The first-order valence-corrected chi connectivity index (χ1v) is 8.79. The van der Waals surface area contributed by atoms with Crippen LogP contribution in [0.15, 0.2) is 18.3 Å². The maximum atomic E-state index is 12.9.